The van der Waals surface area contributed by atoms with Crippen molar-refractivity contribution in [3.63, 3.8) is 0 Å². The molecule has 2 rings (SSSR count). The standard InChI is InChI=1S/C13H13ClFN3O3/c1-13(2,12(21)17-16)5-18-9-4-8(15)7(14)3-6(9)10(19)11(18)20/h3-4H,5,16H2,1-2H3,(H,17,21). The van der Waals surface area contributed by atoms with E-state index in [1.807, 2.05) is 5.43 Å². The van der Waals surface area contributed by atoms with Crippen LogP contribution in [0, 0.1) is 11.2 Å². The van der Waals surface area contributed by atoms with Gasteiger partial charge in [0.25, 0.3) is 11.7 Å². The van der Waals surface area contributed by atoms with Gasteiger partial charge in [0.1, 0.15) is 5.82 Å². The number of fused-ring (bicyclic) bond motifs is 1. The van der Waals surface area contributed by atoms with Crippen LogP contribution in [-0.4, -0.2) is 24.1 Å². The van der Waals surface area contributed by atoms with Crippen LogP contribution >= 0.6 is 11.6 Å². The van der Waals surface area contributed by atoms with Crippen LogP contribution in [0.4, 0.5) is 10.1 Å². The highest BCUT2D eigenvalue weighted by atomic mass is 35.5. The fraction of sp³-hybridized carbons (Fsp3) is 0.308. The van der Waals surface area contributed by atoms with Crippen molar-refractivity contribution >= 4 is 34.9 Å². The number of carbonyl (C=O) groups is 3. The van der Waals surface area contributed by atoms with E-state index in [0.29, 0.717) is 0 Å². The lowest BCUT2D eigenvalue weighted by atomic mass is 9.91. The summed E-state index contributed by atoms with van der Waals surface area (Å²) >= 11 is 5.62. The molecule has 0 fully saturated rings. The van der Waals surface area contributed by atoms with Crippen molar-refractivity contribution in [2.24, 2.45) is 11.3 Å². The first-order chi connectivity index (χ1) is 9.69. The van der Waals surface area contributed by atoms with Gasteiger partial charge in [-0.2, -0.15) is 0 Å². The molecule has 1 heterocycles. The number of ketones is 1. The number of nitrogens with one attached hydrogen (secondary N) is 1. The number of hydrazine groups is 1. The van der Waals surface area contributed by atoms with Gasteiger partial charge in [-0.15, -0.1) is 0 Å². The van der Waals surface area contributed by atoms with Crippen molar-refractivity contribution in [1.82, 2.24) is 5.43 Å². The molecule has 0 unspecified atom stereocenters. The molecule has 0 bridgehead atoms. The maximum atomic E-state index is 13.6. The van der Waals surface area contributed by atoms with Crippen molar-refractivity contribution in [2.75, 3.05) is 11.4 Å². The molecule has 8 heteroatoms. The van der Waals surface area contributed by atoms with Crippen molar-refractivity contribution in [3.05, 3.63) is 28.5 Å². The quantitative estimate of drug-likeness (QED) is 0.377. The number of benzene rings is 1. The van der Waals surface area contributed by atoms with Crippen molar-refractivity contribution in [3.8, 4) is 0 Å². The van der Waals surface area contributed by atoms with E-state index in [1.165, 1.54) is 0 Å². The van der Waals surface area contributed by atoms with Crippen LogP contribution in [0.2, 0.25) is 5.02 Å². The third-order valence-corrected chi connectivity index (χ3v) is 3.60. The second kappa shape index (κ2) is 5.09. The summed E-state index contributed by atoms with van der Waals surface area (Å²) in [5.74, 6) is 2.22. The number of hydrogen-bond donors (Lipinski definition) is 2. The first-order valence-corrected chi connectivity index (χ1v) is 6.43. The molecule has 112 valence electrons. The molecule has 21 heavy (non-hydrogen) atoms. The van der Waals surface area contributed by atoms with Gasteiger partial charge >= 0.3 is 0 Å². The number of anilines is 1. The van der Waals surface area contributed by atoms with Crippen LogP contribution in [0.3, 0.4) is 0 Å². The number of amides is 2. The van der Waals surface area contributed by atoms with Crippen molar-refractivity contribution in [1.29, 1.82) is 0 Å². The maximum Gasteiger partial charge on any atom is 0.299 e. The fourth-order valence-electron chi connectivity index (χ4n) is 2.11. The van der Waals surface area contributed by atoms with Gasteiger partial charge in [0.05, 0.1) is 21.7 Å². The maximum absolute atomic E-state index is 13.6. The molecule has 0 aliphatic carbocycles. The van der Waals surface area contributed by atoms with Crippen LogP contribution in [-0.2, 0) is 9.59 Å². The Morgan fingerprint density at radius 1 is 1.43 bits per heavy atom. The molecule has 0 atom stereocenters. The predicted molar refractivity (Wildman–Crippen MR) is 74.2 cm³/mol. The van der Waals surface area contributed by atoms with Gasteiger partial charge < -0.3 is 4.90 Å². The molecule has 1 aromatic carbocycles. The van der Waals surface area contributed by atoms with E-state index < -0.39 is 28.8 Å². The van der Waals surface area contributed by atoms with E-state index in [9.17, 15) is 18.8 Å². The summed E-state index contributed by atoms with van der Waals surface area (Å²) in [6, 6.07) is 2.12. The number of nitrogens with two attached hydrogens (primary N) is 1. The average molecular weight is 314 g/mol. The zero-order valence-corrected chi connectivity index (χ0v) is 12.1. The molecule has 0 saturated carbocycles. The molecule has 0 radical (unpaired) electrons. The molecule has 0 aromatic heterocycles. The van der Waals surface area contributed by atoms with E-state index in [2.05, 4.69) is 0 Å². The molecule has 1 aliphatic heterocycles. The lowest BCUT2D eigenvalue weighted by molar-refractivity contribution is -0.129. The number of hydrogen-bond acceptors (Lipinski definition) is 4. The molecular weight excluding hydrogens is 301 g/mol. The Morgan fingerprint density at radius 3 is 2.62 bits per heavy atom. The van der Waals surface area contributed by atoms with E-state index in [1.54, 1.807) is 13.8 Å². The zero-order valence-electron chi connectivity index (χ0n) is 11.4. The third kappa shape index (κ3) is 2.50. The molecule has 0 saturated heterocycles. The molecule has 2 amide bonds. The van der Waals surface area contributed by atoms with Gasteiger partial charge in [-0.05, 0) is 26.0 Å². The summed E-state index contributed by atoms with van der Waals surface area (Å²) in [7, 11) is 0. The second-order valence-electron chi connectivity index (χ2n) is 5.36. The van der Waals surface area contributed by atoms with Gasteiger partial charge in [-0.1, -0.05) is 11.6 Å². The Morgan fingerprint density at radius 2 is 2.05 bits per heavy atom. The minimum atomic E-state index is -1.05. The van der Waals surface area contributed by atoms with Gasteiger partial charge in [-0.3, -0.25) is 19.8 Å². The van der Waals surface area contributed by atoms with Gasteiger partial charge in [0.15, 0.2) is 0 Å². The van der Waals surface area contributed by atoms with Crippen LogP contribution in [0.5, 0.6) is 0 Å². The van der Waals surface area contributed by atoms with Crippen LogP contribution < -0.4 is 16.2 Å². The van der Waals surface area contributed by atoms with Crippen LogP contribution in [0.15, 0.2) is 12.1 Å². The minimum Gasteiger partial charge on any atom is -0.304 e. The van der Waals surface area contributed by atoms with E-state index >= 15 is 0 Å². The lowest BCUT2D eigenvalue weighted by Crippen LogP contribution is -2.48. The van der Waals surface area contributed by atoms with Crippen molar-refractivity contribution in [2.45, 2.75) is 13.8 Å². The van der Waals surface area contributed by atoms with Gasteiger partial charge in [0.2, 0.25) is 5.91 Å². The highest BCUT2D eigenvalue weighted by Crippen LogP contribution is 2.35. The smallest absolute Gasteiger partial charge is 0.299 e. The highest BCUT2D eigenvalue weighted by molar-refractivity contribution is 6.52. The zero-order chi connectivity index (χ0) is 15.9. The van der Waals surface area contributed by atoms with E-state index in [0.717, 1.165) is 17.0 Å². The number of carbonyl (C=O) groups excluding carboxylic acids is 3. The largest absolute Gasteiger partial charge is 0.304 e. The van der Waals surface area contributed by atoms with Crippen LogP contribution in [0.25, 0.3) is 0 Å². The lowest BCUT2D eigenvalue weighted by Gasteiger charge is -2.28. The Balaban J connectivity index is 2.44. The highest BCUT2D eigenvalue weighted by Gasteiger charge is 2.41. The summed E-state index contributed by atoms with van der Waals surface area (Å²) < 4.78 is 13.6. The van der Waals surface area contributed by atoms with Gasteiger partial charge in [-0.25, -0.2) is 10.2 Å². The summed E-state index contributed by atoms with van der Waals surface area (Å²) in [5, 5.41) is -0.240. The van der Waals surface area contributed by atoms with Gasteiger partial charge in [0, 0.05) is 6.54 Å². The number of Topliss-reactive ketones (excluding diaryl/α,β-unsaturated/α-hetero) is 1. The predicted octanol–water partition coefficient (Wildman–Crippen LogP) is 1.02. The molecular formula is C13H13ClFN3O3. The SMILES string of the molecule is CC(C)(CN1C(=O)C(=O)c2cc(Cl)c(F)cc21)C(=O)NN. The molecule has 3 N–H and O–H groups in total. The van der Waals surface area contributed by atoms with E-state index in [4.69, 9.17) is 17.4 Å². The third-order valence-electron chi connectivity index (χ3n) is 3.31. The molecule has 0 spiro atoms. The summed E-state index contributed by atoms with van der Waals surface area (Å²) in [5.41, 5.74) is 1.06. The minimum absolute atomic E-state index is 0.0235. The topological polar surface area (TPSA) is 92.5 Å². The van der Waals surface area contributed by atoms with Crippen molar-refractivity contribution < 1.29 is 18.8 Å². The second-order valence-corrected chi connectivity index (χ2v) is 5.77. The van der Waals surface area contributed by atoms with E-state index in [-0.39, 0.29) is 22.8 Å². The number of halogens is 2. The Kier molecular flexibility index (Phi) is 3.73. The molecule has 1 aromatic rings. The summed E-state index contributed by atoms with van der Waals surface area (Å²) in [4.78, 5) is 36.7. The number of nitrogens with zero attached hydrogens (tertiary/aromatic N) is 1. The Hall–Kier alpha value is -1.99. The normalized spacial score (nSPS) is 14.4. The average Bonchev–Trinajstić information content (AvgIpc) is 2.64. The Labute approximate surface area is 125 Å². The first kappa shape index (κ1) is 15.4. The summed E-state index contributed by atoms with van der Waals surface area (Å²) in [6.07, 6.45) is 0. The summed E-state index contributed by atoms with van der Waals surface area (Å²) in [6.45, 7) is 2.99. The number of rotatable bonds is 3. The Bertz CT molecular complexity index is 660. The fourth-order valence-corrected chi connectivity index (χ4v) is 2.27. The molecule has 1 aliphatic rings. The molecule has 6 nitrogen and oxygen atoms in total. The monoisotopic (exact) mass is 313 g/mol. The first-order valence-electron chi connectivity index (χ1n) is 6.05. The van der Waals surface area contributed by atoms with Crippen LogP contribution in [0.1, 0.15) is 24.2 Å².